The highest BCUT2D eigenvalue weighted by Crippen LogP contribution is 2.23. The maximum atomic E-state index is 14.3. The Morgan fingerprint density at radius 2 is 1.18 bits per heavy atom. The van der Waals surface area contributed by atoms with Crippen molar-refractivity contribution < 1.29 is 32.6 Å². The van der Waals surface area contributed by atoms with Crippen molar-refractivity contribution >= 4 is 11.9 Å². The van der Waals surface area contributed by atoms with Crippen molar-refractivity contribution in [3.63, 3.8) is 0 Å². The maximum absolute atomic E-state index is 14.3. The number of ether oxygens (including phenoxy) is 3. The van der Waals surface area contributed by atoms with E-state index in [4.69, 9.17) is 14.2 Å². The molecule has 2 aromatic carbocycles. The van der Waals surface area contributed by atoms with E-state index in [2.05, 4.69) is 13.2 Å². The van der Waals surface area contributed by atoms with Crippen LogP contribution in [0.1, 0.15) is 51.4 Å². The molecule has 0 N–H and O–H groups in total. The molecule has 2 atom stereocenters. The fourth-order valence-corrected chi connectivity index (χ4v) is 4.05. The van der Waals surface area contributed by atoms with Gasteiger partial charge in [0.15, 0.2) is 6.17 Å². The molecule has 0 aliphatic heterocycles. The van der Waals surface area contributed by atoms with E-state index in [0.29, 0.717) is 12.2 Å². The van der Waals surface area contributed by atoms with Crippen LogP contribution in [0.4, 0.5) is 8.78 Å². The summed E-state index contributed by atoms with van der Waals surface area (Å²) >= 11 is 0. The van der Waals surface area contributed by atoms with Crippen LogP contribution in [0.15, 0.2) is 79.9 Å². The molecule has 2 aromatic rings. The largest absolute Gasteiger partial charge is 0.490 e. The average Bonchev–Trinajstić information content (AvgIpc) is 2.98. The zero-order valence-corrected chi connectivity index (χ0v) is 22.6. The highest BCUT2D eigenvalue weighted by atomic mass is 19.2. The maximum Gasteiger partial charge on any atom is 0.330 e. The van der Waals surface area contributed by atoms with E-state index in [9.17, 15) is 18.4 Å². The molecule has 0 aliphatic carbocycles. The molecule has 0 saturated heterocycles. The van der Waals surface area contributed by atoms with Crippen molar-refractivity contribution in [2.75, 3.05) is 19.8 Å². The number of carbonyl (C=O) groups excluding carboxylic acids is 2. The molecule has 0 aromatic heterocycles. The Morgan fingerprint density at radius 3 is 1.74 bits per heavy atom. The summed E-state index contributed by atoms with van der Waals surface area (Å²) < 4.78 is 44.2. The van der Waals surface area contributed by atoms with Gasteiger partial charge >= 0.3 is 11.9 Å². The normalized spacial score (nSPS) is 12.4. The van der Waals surface area contributed by atoms with Crippen molar-refractivity contribution in [1.82, 2.24) is 0 Å². The first-order valence-electron chi connectivity index (χ1n) is 13.6. The molecule has 0 spiro atoms. The van der Waals surface area contributed by atoms with Crippen LogP contribution in [0.3, 0.4) is 0 Å². The molecule has 0 heterocycles. The Balaban J connectivity index is 1.56. The predicted molar refractivity (Wildman–Crippen MR) is 150 cm³/mol. The first kappa shape index (κ1) is 31.7. The highest BCUT2D eigenvalue weighted by molar-refractivity contribution is 5.81. The Hall–Kier alpha value is -3.48. The van der Waals surface area contributed by atoms with Gasteiger partial charge in [-0.15, -0.1) is 0 Å². The van der Waals surface area contributed by atoms with Gasteiger partial charge in [-0.3, -0.25) is 0 Å². The molecule has 0 bridgehead atoms. The van der Waals surface area contributed by atoms with Gasteiger partial charge in [0.05, 0.1) is 13.2 Å². The third-order valence-corrected chi connectivity index (χ3v) is 6.36. The van der Waals surface area contributed by atoms with Gasteiger partial charge in [-0.1, -0.05) is 94.1 Å². The number of alkyl halides is 2. The summed E-state index contributed by atoms with van der Waals surface area (Å²) in [4.78, 5) is 22.6. The fourth-order valence-electron chi connectivity index (χ4n) is 4.05. The first-order valence-corrected chi connectivity index (χ1v) is 13.6. The monoisotopic (exact) mass is 542 g/mol. The number of halogens is 2. The van der Waals surface area contributed by atoms with E-state index in [0.717, 1.165) is 61.8 Å². The van der Waals surface area contributed by atoms with E-state index in [1.807, 2.05) is 42.5 Å². The van der Waals surface area contributed by atoms with Crippen LogP contribution in [0, 0.1) is 5.92 Å². The molecular formula is C32H40F2O5. The molecule has 0 radical (unpaired) electrons. The van der Waals surface area contributed by atoms with Crippen LogP contribution in [0.25, 0.3) is 11.1 Å². The molecule has 5 nitrogen and oxygen atoms in total. The summed E-state index contributed by atoms with van der Waals surface area (Å²) in [5, 5.41) is 0. The van der Waals surface area contributed by atoms with Crippen molar-refractivity contribution in [3.8, 4) is 16.9 Å². The van der Waals surface area contributed by atoms with Crippen molar-refractivity contribution in [1.29, 1.82) is 0 Å². The second-order valence-electron chi connectivity index (χ2n) is 9.47. The fraction of sp³-hybridized carbons (Fsp3) is 0.438. The van der Waals surface area contributed by atoms with Gasteiger partial charge in [0.1, 0.15) is 18.5 Å². The molecule has 0 amide bonds. The molecular weight excluding hydrogens is 502 g/mol. The predicted octanol–water partition coefficient (Wildman–Crippen LogP) is 7.60. The summed E-state index contributed by atoms with van der Waals surface area (Å²) in [6, 6.07) is 17.2. The van der Waals surface area contributed by atoms with Gasteiger partial charge in [-0.2, -0.15) is 0 Å². The molecule has 0 saturated carbocycles. The van der Waals surface area contributed by atoms with Gasteiger partial charge in [0.2, 0.25) is 0 Å². The minimum absolute atomic E-state index is 0.101. The molecule has 212 valence electrons. The van der Waals surface area contributed by atoms with E-state index in [-0.39, 0.29) is 32.2 Å². The Morgan fingerprint density at radius 1 is 0.667 bits per heavy atom. The lowest BCUT2D eigenvalue weighted by Gasteiger charge is -2.16. The topological polar surface area (TPSA) is 61.8 Å². The number of hydrogen-bond acceptors (Lipinski definition) is 5. The molecule has 0 aliphatic rings. The van der Waals surface area contributed by atoms with Crippen LogP contribution in [0.5, 0.6) is 5.75 Å². The average molecular weight is 543 g/mol. The Bertz CT molecular complexity index is 969. The van der Waals surface area contributed by atoms with Crippen LogP contribution in [-0.4, -0.2) is 44.1 Å². The number of esters is 2. The summed E-state index contributed by atoms with van der Waals surface area (Å²) in [6.07, 6.45) is 5.04. The number of rotatable bonds is 20. The standard InChI is InChI=1S/C32H40F2O5/c1-3-31(35)38-22-25(23-39-32(36)4-2)14-10-7-5-6-8-13-17-29(33)30(34)24-37-28-20-18-27(19-21-28)26-15-11-9-12-16-26/h3-4,9,11-12,15-16,18-21,25,29-30H,1-2,5-8,10,13-14,17,22-24H2. The van der Waals surface area contributed by atoms with Crippen LogP contribution in [-0.2, 0) is 19.1 Å². The van der Waals surface area contributed by atoms with E-state index in [1.54, 1.807) is 12.1 Å². The van der Waals surface area contributed by atoms with Gasteiger partial charge in [-0.25, -0.2) is 18.4 Å². The summed E-state index contributed by atoms with van der Waals surface area (Å²) in [5.74, 6) is -0.610. The lowest BCUT2D eigenvalue weighted by atomic mass is 10.0. The zero-order valence-electron chi connectivity index (χ0n) is 22.6. The van der Waals surface area contributed by atoms with Crippen molar-refractivity contribution in [2.45, 2.75) is 63.7 Å². The smallest absolute Gasteiger partial charge is 0.330 e. The van der Waals surface area contributed by atoms with E-state index < -0.39 is 24.3 Å². The number of carbonyl (C=O) groups is 2. The van der Waals surface area contributed by atoms with Crippen LogP contribution >= 0.6 is 0 Å². The Labute approximate surface area is 230 Å². The number of hydrogen-bond donors (Lipinski definition) is 0. The molecule has 2 unspecified atom stereocenters. The van der Waals surface area contributed by atoms with Crippen LogP contribution in [0.2, 0.25) is 0 Å². The van der Waals surface area contributed by atoms with Gasteiger partial charge in [0.25, 0.3) is 0 Å². The minimum atomic E-state index is -1.67. The number of benzene rings is 2. The molecule has 0 fully saturated rings. The minimum Gasteiger partial charge on any atom is -0.490 e. The quantitative estimate of drug-likeness (QED) is 0.0979. The molecule has 2 rings (SSSR count). The van der Waals surface area contributed by atoms with E-state index in [1.165, 1.54) is 0 Å². The summed E-state index contributed by atoms with van der Waals surface area (Å²) in [6.45, 7) is 6.73. The molecule has 39 heavy (non-hydrogen) atoms. The lowest BCUT2D eigenvalue weighted by molar-refractivity contribution is -0.143. The third kappa shape index (κ3) is 13.2. The summed E-state index contributed by atoms with van der Waals surface area (Å²) in [7, 11) is 0. The van der Waals surface area contributed by atoms with Crippen LogP contribution < -0.4 is 4.74 Å². The first-order chi connectivity index (χ1) is 18.9. The second-order valence-corrected chi connectivity index (χ2v) is 9.47. The Kier molecular flexibility index (Phi) is 15.2. The van der Waals surface area contributed by atoms with E-state index >= 15 is 0 Å². The number of unbranched alkanes of at least 4 members (excludes halogenated alkanes) is 5. The summed E-state index contributed by atoms with van der Waals surface area (Å²) in [5.41, 5.74) is 2.12. The van der Waals surface area contributed by atoms with Gasteiger partial charge < -0.3 is 14.2 Å². The van der Waals surface area contributed by atoms with Gasteiger partial charge in [0, 0.05) is 18.1 Å². The SMILES string of the molecule is C=CC(=O)OCC(CCCCCCCCC(F)C(F)COc1ccc(-c2ccccc2)cc1)COC(=O)C=C. The van der Waals surface area contributed by atoms with Crippen molar-refractivity contribution in [3.05, 3.63) is 79.9 Å². The molecule has 7 heteroatoms. The van der Waals surface area contributed by atoms with Crippen molar-refractivity contribution in [2.24, 2.45) is 5.92 Å². The highest BCUT2D eigenvalue weighted by Gasteiger charge is 2.21. The lowest BCUT2D eigenvalue weighted by Crippen LogP contribution is -2.24. The van der Waals surface area contributed by atoms with Gasteiger partial charge in [-0.05, 0) is 36.1 Å². The third-order valence-electron chi connectivity index (χ3n) is 6.36. The zero-order chi connectivity index (χ0) is 28.3. The second kappa shape index (κ2) is 18.7.